The highest BCUT2D eigenvalue weighted by Crippen LogP contribution is 2.28. The first-order valence-corrected chi connectivity index (χ1v) is 8.09. The summed E-state index contributed by atoms with van der Waals surface area (Å²) in [7, 11) is 1.49. The van der Waals surface area contributed by atoms with Crippen LogP contribution in [0.1, 0.15) is 23.2 Å². The highest BCUT2D eigenvalue weighted by atomic mass is 16.5. The maximum atomic E-state index is 12.5. The van der Waals surface area contributed by atoms with Crippen LogP contribution in [0.5, 0.6) is 5.75 Å². The normalized spacial score (nSPS) is 10.3. The number of rotatable bonds is 5. The number of imidazole rings is 1. The monoisotopic (exact) mass is 366 g/mol. The van der Waals surface area contributed by atoms with E-state index in [1.807, 2.05) is 6.92 Å². The van der Waals surface area contributed by atoms with Gasteiger partial charge >= 0.3 is 0 Å². The Balaban J connectivity index is 1.80. The van der Waals surface area contributed by atoms with Gasteiger partial charge in [0.1, 0.15) is 11.6 Å². The van der Waals surface area contributed by atoms with Crippen LogP contribution in [0, 0.1) is 6.92 Å². The molecule has 0 saturated carbocycles. The molecular formula is C18H18N6O3. The fourth-order valence-corrected chi connectivity index (χ4v) is 2.47. The van der Waals surface area contributed by atoms with Crippen LogP contribution in [0.3, 0.4) is 0 Å². The molecule has 2 heterocycles. The molecular weight excluding hydrogens is 348 g/mol. The number of ether oxygens (including phenoxy) is 1. The van der Waals surface area contributed by atoms with Crippen molar-refractivity contribution >= 4 is 23.2 Å². The summed E-state index contributed by atoms with van der Waals surface area (Å²) >= 11 is 0. The number of carbonyl (C=O) groups is 2. The van der Waals surface area contributed by atoms with Gasteiger partial charge in [0.25, 0.3) is 5.91 Å². The van der Waals surface area contributed by atoms with E-state index in [4.69, 9.17) is 4.74 Å². The van der Waals surface area contributed by atoms with Crippen molar-refractivity contribution in [1.82, 2.24) is 19.7 Å². The lowest BCUT2D eigenvalue weighted by molar-refractivity contribution is -0.114. The van der Waals surface area contributed by atoms with Crippen LogP contribution in [0.4, 0.5) is 11.4 Å². The summed E-state index contributed by atoms with van der Waals surface area (Å²) in [4.78, 5) is 27.9. The van der Waals surface area contributed by atoms with Crippen molar-refractivity contribution in [3.8, 4) is 11.6 Å². The highest BCUT2D eigenvalue weighted by Gasteiger charge is 2.13. The number of carbonyl (C=O) groups excluding carboxylic acids is 2. The number of aryl methyl sites for hydroxylation is 1. The largest absolute Gasteiger partial charge is 0.495 e. The van der Waals surface area contributed by atoms with Crippen molar-refractivity contribution in [2.75, 3.05) is 17.7 Å². The van der Waals surface area contributed by atoms with Gasteiger partial charge in [0.2, 0.25) is 5.91 Å². The van der Waals surface area contributed by atoms with Crippen molar-refractivity contribution in [2.24, 2.45) is 0 Å². The Morgan fingerprint density at radius 1 is 1.11 bits per heavy atom. The molecule has 0 aliphatic carbocycles. The third-order valence-corrected chi connectivity index (χ3v) is 3.72. The maximum Gasteiger partial charge on any atom is 0.276 e. The van der Waals surface area contributed by atoms with E-state index in [0.29, 0.717) is 22.9 Å². The molecule has 0 radical (unpaired) electrons. The zero-order valence-corrected chi connectivity index (χ0v) is 15.1. The van der Waals surface area contributed by atoms with E-state index in [1.54, 1.807) is 47.3 Å². The quantitative estimate of drug-likeness (QED) is 0.716. The summed E-state index contributed by atoms with van der Waals surface area (Å²) in [6.07, 6.45) is 3.42. The number of anilines is 2. The van der Waals surface area contributed by atoms with Crippen LogP contribution < -0.4 is 15.4 Å². The van der Waals surface area contributed by atoms with Crippen LogP contribution in [0.2, 0.25) is 0 Å². The van der Waals surface area contributed by atoms with Gasteiger partial charge in [0.15, 0.2) is 11.5 Å². The smallest absolute Gasteiger partial charge is 0.276 e. The van der Waals surface area contributed by atoms with E-state index >= 15 is 0 Å². The SMILES string of the molecule is COc1ccc(NC(C)=O)cc1NC(=O)c1ccc(-n2ccnc2C)nn1. The molecule has 0 atom stereocenters. The molecule has 9 nitrogen and oxygen atoms in total. The first kappa shape index (κ1) is 18.1. The second-order valence-corrected chi connectivity index (χ2v) is 5.67. The molecule has 0 unspecified atom stereocenters. The minimum Gasteiger partial charge on any atom is -0.495 e. The Labute approximate surface area is 155 Å². The van der Waals surface area contributed by atoms with E-state index in [-0.39, 0.29) is 11.6 Å². The number of methoxy groups -OCH3 is 1. The average Bonchev–Trinajstić information content (AvgIpc) is 3.07. The average molecular weight is 366 g/mol. The predicted octanol–water partition coefficient (Wildman–Crippen LogP) is 2.19. The van der Waals surface area contributed by atoms with E-state index in [1.165, 1.54) is 14.0 Å². The molecule has 0 aliphatic heterocycles. The Kier molecular flexibility index (Phi) is 5.11. The van der Waals surface area contributed by atoms with Gasteiger partial charge in [-0.2, -0.15) is 0 Å². The number of nitrogens with one attached hydrogen (secondary N) is 2. The zero-order chi connectivity index (χ0) is 19.4. The van der Waals surface area contributed by atoms with Crippen LogP contribution in [-0.4, -0.2) is 38.7 Å². The van der Waals surface area contributed by atoms with Gasteiger partial charge < -0.3 is 15.4 Å². The number of benzene rings is 1. The molecule has 1 aromatic carbocycles. The lowest BCUT2D eigenvalue weighted by Gasteiger charge is -2.12. The summed E-state index contributed by atoms with van der Waals surface area (Å²) in [5.41, 5.74) is 1.09. The molecule has 0 fully saturated rings. The number of nitrogens with zero attached hydrogens (tertiary/aromatic N) is 4. The Bertz CT molecular complexity index is 981. The Morgan fingerprint density at radius 3 is 2.52 bits per heavy atom. The summed E-state index contributed by atoms with van der Waals surface area (Å²) in [5.74, 6) is 1.12. The topological polar surface area (TPSA) is 111 Å². The molecule has 2 amide bonds. The molecule has 2 aromatic heterocycles. The molecule has 0 saturated heterocycles. The van der Waals surface area contributed by atoms with Gasteiger partial charge in [-0.3, -0.25) is 14.2 Å². The Hall–Kier alpha value is -3.75. The first-order valence-electron chi connectivity index (χ1n) is 8.09. The molecule has 2 N–H and O–H groups in total. The zero-order valence-electron chi connectivity index (χ0n) is 15.1. The first-order chi connectivity index (χ1) is 13.0. The molecule has 0 spiro atoms. The van der Waals surface area contributed by atoms with Gasteiger partial charge in [-0.05, 0) is 37.3 Å². The second-order valence-electron chi connectivity index (χ2n) is 5.67. The molecule has 27 heavy (non-hydrogen) atoms. The van der Waals surface area contributed by atoms with E-state index in [2.05, 4.69) is 25.8 Å². The van der Waals surface area contributed by atoms with Gasteiger partial charge in [0.05, 0.1) is 12.8 Å². The number of aromatic nitrogens is 4. The predicted molar refractivity (Wildman–Crippen MR) is 99.1 cm³/mol. The number of hydrogen-bond acceptors (Lipinski definition) is 6. The summed E-state index contributed by atoms with van der Waals surface area (Å²) in [6.45, 7) is 3.25. The molecule has 9 heteroatoms. The van der Waals surface area contributed by atoms with Crippen LogP contribution in [0.25, 0.3) is 5.82 Å². The lowest BCUT2D eigenvalue weighted by Crippen LogP contribution is -2.16. The number of hydrogen-bond donors (Lipinski definition) is 2. The third kappa shape index (κ3) is 4.09. The van der Waals surface area contributed by atoms with Crippen LogP contribution in [-0.2, 0) is 4.79 Å². The minimum atomic E-state index is -0.449. The lowest BCUT2D eigenvalue weighted by atomic mass is 10.2. The molecule has 138 valence electrons. The van der Waals surface area contributed by atoms with Gasteiger partial charge in [0, 0.05) is 25.0 Å². The fourth-order valence-electron chi connectivity index (χ4n) is 2.47. The van der Waals surface area contributed by atoms with E-state index < -0.39 is 5.91 Å². The summed E-state index contributed by atoms with van der Waals surface area (Å²) in [5, 5.41) is 13.4. The maximum absolute atomic E-state index is 12.5. The van der Waals surface area contributed by atoms with Crippen LogP contribution >= 0.6 is 0 Å². The Morgan fingerprint density at radius 2 is 1.93 bits per heavy atom. The van der Waals surface area contributed by atoms with Gasteiger partial charge in [-0.1, -0.05) is 0 Å². The van der Waals surface area contributed by atoms with E-state index in [0.717, 1.165) is 5.82 Å². The minimum absolute atomic E-state index is 0.142. The summed E-state index contributed by atoms with van der Waals surface area (Å²) in [6, 6.07) is 8.19. The fraction of sp³-hybridized carbons (Fsp3) is 0.167. The molecule has 3 rings (SSSR count). The van der Waals surface area contributed by atoms with Crippen molar-refractivity contribution in [2.45, 2.75) is 13.8 Å². The number of amides is 2. The standard InChI is InChI=1S/C18H18N6O3/c1-11-19-8-9-24(11)17-7-5-14(22-23-17)18(26)21-15-10-13(20-12(2)25)4-6-16(15)27-3/h4-10H,1-3H3,(H,20,25)(H,21,26). The third-order valence-electron chi connectivity index (χ3n) is 3.72. The highest BCUT2D eigenvalue weighted by molar-refractivity contribution is 6.04. The molecule has 0 bridgehead atoms. The van der Waals surface area contributed by atoms with Gasteiger partial charge in [-0.15, -0.1) is 10.2 Å². The van der Waals surface area contributed by atoms with Crippen molar-refractivity contribution in [3.05, 3.63) is 54.2 Å². The summed E-state index contributed by atoms with van der Waals surface area (Å²) < 4.78 is 7.01. The molecule has 3 aromatic rings. The van der Waals surface area contributed by atoms with Crippen LogP contribution in [0.15, 0.2) is 42.7 Å². The molecule has 0 aliphatic rings. The van der Waals surface area contributed by atoms with Crippen molar-refractivity contribution in [1.29, 1.82) is 0 Å². The second kappa shape index (κ2) is 7.65. The van der Waals surface area contributed by atoms with E-state index in [9.17, 15) is 9.59 Å². The van der Waals surface area contributed by atoms with Gasteiger partial charge in [-0.25, -0.2) is 4.98 Å². The van der Waals surface area contributed by atoms with Crippen molar-refractivity contribution < 1.29 is 14.3 Å². The van der Waals surface area contributed by atoms with Crippen molar-refractivity contribution in [3.63, 3.8) is 0 Å².